The predicted octanol–water partition coefficient (Wildman–Crippen LogP) is 2.35. The lowest BCUT2D eigenvalue weighted by Crippen LogP contribution is -2.43. The summed E-state index contributed by atoms with van der Waals surface area (Å²) >= 11 is 0. The highest BCUT2D eigenvalue weighted by atomic mass is 16.4. The molecule has 1 amide bonds. The van der Waals surface area contributed by atoms with Crippen molar-refractivity contribution in [2.24, 2.45) is 5.92 Å². The minimum atomic E-state index is -1.01. The number of hydrogen-bond acceptors (Lipinski definition) is 2. The summed E-state index contributed by atoms with van der Waals surface area (Å²) in [6.45, 7) is 7.54. The van der Waals surface area contributed by atoms with Gasteiger partial charge in [-0.15, -0.1) is 6.58 Å². The Hall–Kier alpha value is -1.32. The van der Waals surface area contributed by atoms with E-state index in [1.807, 2.05) is 13.8 Å². The van der Waals surface area contributed by atoms with Crippen molar-refractivity contribution in [1.82, 2.24) is 5.32 Å². The zero-order chi connectivity index (χ0) is 13.3. The third-order valence-corrected chi connectivity index (χ3v) is 2.66. The number of carbonyl (C=O) groups excluding carboxylic acids is 1. The van der Waals surface area contributed by atoms with Crippen molar-refractivity contribution in [3.05, 3.63) is 12.7 Å². The molecule has 0 aliphatic heterocycles. The van der Waals surface area contributed by atoms with Crippen molar-refractivity contribution in [3.63, 3.8) is 0 Å². The second-order valence-corrected chi connectivity index (χ2v) is 4.20. The molecule has 0 radical (unpaired) electrons. The van der Waals surface area contributed by atoms with Crippen molar-refractivity contribution in [1.29, 1.82) is 0 Å². The van der Waals surface area contributed by atoms with Crippen molar-refractivity contribution in [2.45, 2.75) is 52.0 Å². The standard InChI is InChI=1S/C13H23NO3/c1-4-7-10(8-5-2)12(15)14-11(9-6-3)13(16)17/h6,10-11H,3-5,7-9H2,1-2H3,(H,14,15)(H,16,17). The van der Waals surface area contributed by atoms with E-state index in [0.29, 0.717) is 0 Å². The number of rotatable bonds is 9. The van der Waals surface area contributed by atoms with Crippen LogP contribution in [0.15, 0.2) is 12.7 Å². The van der Waals surface area contributed by atoms with Gasteiger partial charge in [0.05, 0.1) is 0 Å². The molecule has 0 aromatic carbocycles. The number of hydrogen-bond donors (Lipinski definition) is 2. The van der Waals surface area contributed by atoms with E-state index in [1.54, 1.807) is 0 Å². The summed E-state index contributed by atoms with van der Waals surface area (Å²) in [5, 5.41) is 11.5. The molecule has 17 heavy (non-hydrogen) atoms. The van der Waals surface area contributed by atoms with Gasteiger partial charge in [-0.3, -0.25) is 4.79 Å². The predicted molar refractivity (Wildman–Crippen MR) is 67.7 cm³/mol. The maximum atomic E-state index is 11.9. The Bertz CT molecular complexity index is 257. The van der Waals surface area contributed by atoms with Gasteiger partial charge in [0.25, 0.3) is 0 Å². The van der Waals surface area contributed by atoms with Crippen LogP contribution in [0.5, 0.6) is 0 Å². The first-order valence-electron chi connectivity index (χ1n) is 6.20. The maximum absolute atomic E-state index is 11.9. The molecule has 0 aliphatic carbocycles. The number of carbonyl (C=O) groups is 2. The molecule has 0 saturated heterocycles. The van der Waals surface area contributed by atoms with Gasteiger partial charge in [-0.2, -0.15) is 0 Å². The molecule has 0 aromatic heterocycles. The van der Waals surface area contributed by atoms with E-state index in [0.717, 1.165) is 25.7 Å². The molecule has 4 nitrogen and oxygen atoms in total. The summed E-state index contributed by atoms with van der Waals surface area (Å²) < 4.78 is 0. The zero-order valence-corrected chi connectivity index (χ0v) is 10.7. The Morgan fingerprint density at radius 1 is 1.29 bits per heavy atom. The summed E-state index contributed by atoms with van der Waals surface area (Å²) in [5.41, 5.74) is 0. The summed E-state index contributed by atoms with van der Waals surface area (Å²) in [6.07, 6.45) is 5.23. The molecular weight excluding hydrogens is 218 g/mol. The Labute approximate surface area is 103 Å². The van der Waals surface area contributed by atoms with E-state index in [4.69, 9.17) is 5.11 Å². The lowest BCUT2D eigenvalue weighted by Gasteiger charge is -2.18. The molecule has 98 valence electrons. The zero-order valence-electron chi connectivity index (χ0n) is 10.7. The van der Waals surface area contributed by atoms with Gasteiger partial charge in [0, 0.05) is 5.92 Å². The van der Waals surface area contributed by atoms with Crippen LogP contribution < -0.4 is 5.32 Å². The Morgan fingerprint density at radius 3 is 2.18 bits per heavy atom. The van der Waals surface area contributed by atoms with E-state index < -0.39 is 12.0 Å². The first-order chi connectivity index (χ1) is 8.06. The molecule has 0 rings (SSSR count). The van der Waals surface area contributed by atoms with Crippen molar-refractivity contribution in [3.8, 4) is 0 Å². The van der Waals surface area contributed by atoms with Gasteiger partial charge >= 0.3 is 5.97 Å². The summed E-state index contributed by atoms with van der Waals surface area (Å²) in [6, 6.07) is -0.851. The molecule has 0 aliphatic rings. The number of nitrogens with one attached hydrogen (secondary N) is 1. The topological polar surface area (TPSA) is 66.4 Å². The van der Waals surface area contributed by atoms with Crippen LogP contribution in [0.25, 0.3) is 0 Å². The average molecular weight is 241 g/mol. The fourth-order valence-electron chi connectivity index (χ4n) is 1.78. The van der Waals surface area contributed by atoms with Crippen molar-refractivity contribution < 1.29 is 14.7 Å². The highest BCUT2D eigenvalue weighted by Crippen LogP contribution is 2.14. The van der Waals surface area contributed by atoms with E-state index >= 15 is 0 Å². The molecule has 1 atom stereocenters. The summed E-state index contributed by atoms with van der Waals surface area (Å²) in [5.74, 6) is -1.23. The van der Waals surface area contributed by atoms with Crippen LogP contribution in [0, 0.1) is 5.92 Å². The Balaban J connectivity index is 4.43. The maximum Gasteiger partial charge on any atom is 0.326 e. The van der Waals surface area contributed by atoms with E-state index in [-0.39, 0.29) is 18.2 Å². The number of amides is 1. The number of carboxylic acid groups (broad SMARTS) is 1. The lowest BCUT2D eigenvalue weighted by molar-refractivity contribution is -0.142. The normalized spacial score (nSPS) is 12.2. The van der Waals surface area contributed by atoms with Gasteiger partial charge < -0.3 is 10.4 Å². The van der Waals surface area contributed by atoms with E-state index in [9.17, 15) is 9.59 Å². The summed E-state index contributed by atoms with van der Waals surface area (Å²) in [7, 11) is 0. The first-order valence-corrected chi connectivity index (χ1v) is 6.20. The van der Waals surface area contributed by atoms with Crippen LogP contribution in [0.4, 0.5) is 0 Å². The highest BCUT2D eigenvalue weighted by Gasteiger charge is 2.23. The molecule has 1 unspecified atom stereocenters. The largest absolute Gasteiger partial charge is 0.480 e. The fraction of sp³-hybridized carbons (Fsp3) is 0.692. The van der Waals surface area contributed by atoms with Crippen molar-refractivity contribution in [2.75, 3.05) is 0 Å². The van der Waals surface area contributed by atoms with Gasteiger partial charge in [0.1, 0.15) is 6.04 Å². The molecule has 0 heterocycles. The smallest absolute Gasteiger partial charge is 0.326 e. The van der Waals surface area contributed by atoms with Crippen LogP contribution in [0.3, 0.4) is 0 Å². The Morgan fingerprint density at radius 2 is 1.82 bits per heavy atom. The number of carboxylic acids is 1. The molecular formula is C13H23NO3. The van der Waals surface area contributed by atoms with Crippen LogP contribution >= 0.6 is 0 Å². The molecule has 2 N–H and O–H groups in total. The van der Waals surface area contributed by atoms with E-state index in [2.05, 4.69) is 11.9 Å². The number of aliphatic carboxylic acids is 1. The Kier molecular flexibility index (Phi) is 8.11. The third-order valence-electron chi connectivity index (χ3n) is 2.66. The fourth-order valence-corrected chi connectivity index (χ4v) is 1.78. The van der Waals surface area contributed by atoms with Gasteiger partial charge in [-0.25, -0.2) is 4.79 Å². The van der Waals surface area contributed by atoms with Gasteiger partial charge in [-0.05, 0) is 19.3 Å². The lowest BCUT2D eigenvalue weighted by atomic mass is 9.97. The quantitative estimate of drug-likeness (QED) is 0.609. The molecule has 0 saturated carbocycles. The molecule has 4 heteroatoms. The SMILES string of the molecule is C=CCC(NC(=O)C(CCC)CCC)C(=O)O. The first kappa shape index (κ1) is 15.7. The van der Waals surface area contributed by atoms with Gasteiger partial charge in [0.15, 0.2) is 0 Å². The highest BCUT2D eigenvalue weighted by molar-refractivity contribution is 5.85. The molecule has 0 spiro atoms. The molecule has 0 bridgehead atoms. The second-order valence-electron chi connectivity index (χ2n) is 4.20. The van der Waals surface area contributed by atoms with Crippen LogP contribution in [-0.2, 0) is 9.59 Å². The molecule has 0 aromatic rings. The minimum absolute atomic E-state index is 0.0725. The monoisotopic (exact) mass is 241 g/mol. The van der Waals surface area contributed by atoms with Gasteiger partial charge in [0.2, 0.25) is 5.91 Å². The van der Waals surface area contributed by atoms with E-state index in [1.165, 1.54) is 6.08 Å². The van der Waals surface area contributed by atoms with Crippen LogP contribution in [0.2, 0.25) is 0 Å². The van der Waals surface area contributed by atoms with Crippen LogP contribution in [-0.4, -0.2) is 23.0 Å². The van der Waals surface area contributed by atoms with Crippen LogP contribution in [0.1, 0.15) is 46.0 Å². The van der Waals surface area contributed by atoms with Crippen molar-refractivity contribution >= 4 is 11.9 Å². The third kappa shape index (κ3) is 6.09. The average Bonchev–Trinajstić information content (AvgIpc) is 2.28. The summed E-state index contributed by atoms with van der Waals surface area (Å²) in [4.78, 5) is 22.8. The van der Waals surface area contributed by atoms with Gasteiger partial charge in [-0.1, -0.05) is 32.8 Å². The second kappa shape index (κ2) is 8.79. The minimum Gasteiger partial charge on any atom is -0.480 e. The molecule has 0 fully saturated rings.